The van der Waals surface area contributed by atoms with Crippen molar-refractivity contribution in [2.24, 2.45) is 5.92 Å². The van der Waals surface area contributed by atoms with Gasteiger partial charge in [-0.25, -0.2) is 0 Å². The summed E-state index contributed by atoms with van der Waals surface area (Å²) in [5.74, 6) is 0.100. The third kappa shape index (κ3) is 4.75. The van der Waals surface area contributed by atoms with Gasteiger partial charge in [-0.1, -0.05) is 38.5 Å². The van der Waals surface area contributed by atoms with Gasteiger partial charge < -0.3 is 9.90 Å². The molecule has 0 spiro atoms. The normalized spacial score (nSPS) is 31.8. The SMILES string of the molecule is O=CC1CCCCCCCCC(O)C1. The van der Waals surface area contributed by atoms with E-state index in [1.165, 1.54) is 25.7 Å². The van der Waals surface area contributed by atoms with Gasteiger partial charge in [-0.3, -0.25) is 0 Å². The second kappa shape index (κ2) is 6.99. The summed E-state index contributed by atoms with van der Waals surface area (Å²) in [7, 11) is 0. The van der Waals surface area contributed by atoms with Crippen LogP contribution in [-0.4, -0.2) is 17.5 Å². The molecule has 0 heterocycles. The predicted molar refractivity (Wildman–Crippen MR) is 57.1 cm³/mol. The predicted octanol–water partition coefficient (Wildman–Crippen LogP) is 2.69. The molecule has 1 fully saturated rings. The van der Waals surface area contributed by atoms with E-state index >= 15 is 0 Å². The number of aliphatic hydroxyl groups excluding tert-OH is 1. The Labute approximate surface area is 86.7 Å². The van der Waals surface area contributed by atoms with E-state index in [1.54, 1.807) is 0 Å². The first-order valence-electron chi connectivity index (χ1n) is 5.96. The van der Waals surface area contributed by atoms with Gasteiger partial charge in [0.1, 0.15) is 6.29 Å². The maximum absolute atomic E-state index is 10.7. The minimum absolute atomic E-state index is 0.100. The molecule has 2 atom stereocenters. The summed E-state index contributed by atoms with van der Waals surface area (Å²) in [6.45, 7) is 0. The Kier molecular flexibility index (Phi) is 5.85. The Morgan fingerprint density at radius 3 is 2.14 bits per heavy atom. The Bertz CT molecular complexity index is 156. The highest BCUT2D eigenvalue weighted by Gasteiger charge is 2.14. The van der Waals surface area contributed by atoms with Crippen molar-refractivity contribution >= 4 is 6.29 Å². The molecule has 0 aromatic rings. The third-order valence-corrected chi connectivity index (χ3v) is 3.13. The van der Waals surface area contributed by atoms with Gasteiger partial charge in [-0.2, -0.15) is 0 Å². The third-order valence-electron chi connectivity index (χ3n) is 3.13. The number of carbonyl (C=O) groups excluding carboxylic acids is 1. The molecule has 1 rings (SSSR count). The fourth-order valence-electron chi connectivity index (χ4n) is 2.20. The van der Waals surface area contributed by atoms with Gasteiger partial charge in [0, 0.05) is 5.92 Å². The van der Waals surface area contributed by atoms with Crippen LogP contribution in [0.25, 0.3) is 0 Å². The number of rotatable bonds is 1. The van der Waals surface area contributed by atoms with E-state index in [-0.39, 0.29) is 12.0 Å². The van der Waals surface area contributed by atoms with Crippen LogP contribution < -0.4 is 0 Å². The smallest absolute Gasteiger partial charge is 0.123 e. The van der Waals surface area contributed by atoms with Crippen molar-refractivity contribution in [2.45, 2.75) is 63.9 Å². The van der Waals surface area contributed by atoms with Gasteiger partial charge in [0.05, 0.1) is 6.10 Å². The number of carbonyl (C=O) groups is 1. The second-order valence-electron chi connectivity index (χ2n) is 4.48. The summed E-state index contributed by atoms with van der Waals surface area (Å²) in [4.78, 5) is 10.7. The average Bonchev–Trinajstić information content (AvgIpc) is 2.23. The van der Waals surface area contributed by atoms with Crippen LogP contribution in [0.5, 0.6) is 0 Å². The van der Waals surface area contributed by atoms with E-state index in [1.807, 2.05) is 0 Å². The van der Waals surface area contributed by atoms with Crippen molar-refractivity contribution in [3.05, 3.63) is 0 Å². The van der Waals surface area contributed by atoms with Gasteiger partial charge in [-0.05, 0) is 19.3 Å². The second-order valence-corrected chi connectivity index (χ2v) is 4.48. The minimum Gasteiger partial charge on any atom is -0.393 e. The van der Waals surface area contributed by atoms with Crippen LogP contribution in [0, 0.1) is 5.92 Å². The highest BCUT2D eigenvalue weighted by atomic mass is 16.3. The monoisotopic (exact) mass is 198 g/mol. The van der Waals surface area contributed by atoms with Gasteiger partial charge in [-0.15, -0.1) is 0 Å². The molecule has 1 aliphatic rings. The van der Waals surface area contributed by atoms with E-state index in [0.717, 1.165) is 32.0 Å². The summed E-state index contributed by atoms with van der Waals surface area (Å²) < 4.78 is 0. The molecule has 2 heteroatoms. The van der Waals surface area contributed by atoms with Crippen molar-refractivity contribution in [3.63, 3.8) is 0 Å². The summed E-state index contributed by atoms with van der Waals surface area (Å²) >= 11 is 0. The van der Waals surface area contributed by atoms with Crippen molar-refractivity contribution in [3.8, 4) is 0 Å². The average molecular weight is 198 g/mol. The van der Waals surface area contributed by atoms with Crippen LogP contribution in [0.1, 0.15) is 57.8 Å². The molecule has 2 unspecified atom stereocenters. The molecule has 0 radical (unpaired) electrons. The number of hydrogen-bond donors (Lipinski definition) is 1. The van der Waals surface area contributed by atoms with Gasteiger partial charge in [0.15, 0.2) is 0 Å². The lowest BCUT2D eigenvalue weighted by molar-refractivity contribution is -0.112. The molecule has 1 N–H and O–H groups in total. The van der Waals surface area contributed by atoms with E-state index in [2.05, 4.69) is 0 Å². The standard InChI is InChI=1S/C12H22O2/c13-10-11-7-5-3-1-2-4-6-8-12(14)9-11/h10-12,14H,1-9H2. The van der Waals surface area contributed by atoms with Crippen LogP contribution in [-0.2, 0) is 4.79 Å². The van der Waals surface area contributed by atoms with Crippen LogP contribution in [0.4, 0.5) is 0 Å². The molecule has 0 aliphatic heterocycles. The zero-order valence-electron chi connectivity index (χ0n) is 8.95. The topological polar surface area (TPSA) is 37.3 Å². The van der Waals surface area contributed by atoms with Crippen LogP contribution in [0.2, 0.25) is 0 Å². The highest BCUT2D eigenvalue weighted by Crippen LogP contribution is 2.20. The van der Waals surface area contributed by atoms with E-state index in [4.69, 9.17) is 0 Å². The molecular formula is C12H22O2. The maximum atomic E-state index is 10.7. The highest BCUT2D eigenvalue weighted by molar-refractivity contribution is 5.53. The fraction of sp³-hybridized carbons (Fsp3) is 0.917. The molecule has 1 saturated carbocycles. The summed E-state index contributed by atoms with van der Waals surface area (Å²) in [6, 6.07) is 0. The van der Waals surface area contributed by atoms with Crippen LogP contribution in [0.15, 0.2) is 0 Å². The van der Waals surface area contributed by atoms with Crippen molar-refractivity contribution in [2.75, 3.05) is 0 Å². The van der Waals surface area contributed by atoms with E-state index < -0.39 is 0 Å². The fourth-order valence-corrected chi connectivity index (χ4v) is 2.20. The molecule has 14 heavy (non-hydrogen) atoms. The quantitative estimate of drug-likeness (QED) is 0.658. The molecule has 1 aliphatic carbocycles. The molecule has 0 bridgehead atoms. The van der Waals surface area contributed by atoms with Crippen molar-refractivity contribution < 1.29 is 9.90 Å². The van der Waals surface area contributed by atoms with Crippen molar-refractivity contribution in [1.29, 1.82) is 0 Å². The van der Waals surface area contributed by atoms with Gasteiger partial charge >= 0.3 is 0 Å². The Morgan fingerprint density at radius 1 is 0.929 bits per heavy atom. The zero-order valence-corrected chi connectivity index (χ0v) is 8.95. The summed E-state index contributed by atoms with van der Waals surface area (Å²) in [6.07, 6.45) is 10.7. The zero-order chi connectivity index (χ0) is 10.2. The first-order chi connectivity index (χ1) is 6.83. The lowest BCUT2D eigenvalue weighted by Crippen LogP contribution is -2.14. The van der Waals surface area contributed by atoms with Crippen LogP contribution in [0.3, 0.4) is 0 Å². The molecule has 82 valence electrons. The first-order valence-corrected chi connectivity index (χ1v) is 5.96. The largest absolute Gasteiger partial charge is 0.393 e. The Balaban J connectivity index is 2.35. The summed E-state index contributed by atoms with van der Waals surface area (Å²) in [5, 5.41) is 9.67. The minimum atomic E-state index is -0.247. The molecule has 0 saturated heterocycles. The number of hydrogen-bond acceptors (Lipinski definition) is 2. The lowest BCUT2D eigenvalue weighted by atomic mass is 9.95. The molecule has 0 amide bonds. The Morgan fingerprint density at radius 2 is 1.50 bits per heavy atom. The first kappa shape index (κ1) is 11.7. The van der Waals surface area contributed by atoms with E-state index in [0.29, 0.717) is 6.42 Å². The molecule has 2 nitrogen and oxygen atoms in total. The molecular weight excluding hydrogens is 176 g/mol. The van der Waals surface area contributed by atoms with E-state index in [9.17, 15) is 9.90 Å². The van der Waals surface area contributed by atoms with Gasteiger partial charge in [0.25, 0.3) is 0 Å². The van der Waals surface area contributed by atoms with Gasteiger partial charge in [0.2, 0.25) is 0 Å². The molecule has 0 aromatic heterocycles. The molecule has 0 aromatic carbocycles. The van der Waals surface area contributed by atoms with Crippen LogP contribution >= 0.6 is 0 Å². The number of aliphatic hydroxyl groups is 1. The maximum Gasteiger partial charge on any atom is 0.123 e. The lowest BCUT2D eigenvalue weighted by Gasteiger charge is -2.14. The Hall–Kier alpha value is -0.370. The summed E-state index contributed by atoms with van der Waals surface area (Å²) in [5.41, 5.74) is 0. The van der Waals surface area contributed by atoms with Crippen molar-refractivity contribution in [1.82, 2.24) is 0 Å². The number of aldehydes is 1.